The number of aryl methyl sites for hydroxylation is 8. The summed E-state index contributed by atoms with van der Waals surface area (Å²) in [6.45, 7) is 102. The molecule has 13 aromatic rings. The molecule has 0 bridgehead atoms. The van der Waals surface area contributed by atoms with Crippen LogP contribution in [-0.4, -0.2) is 0 Å². The fourth-order valence-electron chi connectivity index (χ4n) is 8.97. The maximum absolute atomic E-state index is 2.22. The van der Waals surface area contributed by atoms with E-state index in [0.717, 1.165) is 0 Å². The summed E-state index contributed by atoms with van der Waals surface area (Å²) >= 11 is 0. The Labute approximate surface area is 827 Å². The van der Waals surface area contributed by atoms with Crippen LogP contribution in [0.2, 0.25) is 0 Å². The molecule has 0 aliphatic rings. The van der Waals surface area contributed by atoms with Gasteiger partial charge in [0.2, 0.25) is 0 Å². The Bertz CT molecular complexity index is 3280. The van der Waals surface area contributed by atoms with Gasteiger partial charge < -0.3 is 0 Å². The molecular formula is C132H212. The molecule has 0 amide bonds. The predicted molar refractivity (Wildman–Crippen MR) is 623 cm³/mol. The maximum atomic E-state index is 2.22. The van der Waals surface area contributed by atoms with E-state index in [1.807, 2.05) is 326 Å². The summed E-state index contributed by atoms with van der Waals surface area (Å²) in [6.07, 6.45) is 0. The third kappa shape index (κ3) is 110. The second-order valence-electron chi connectivity index (χ2n) is 31.3. The SMILES string of the molecule is CC.CC.CC.CC.CC.CC.CC.CC.CC.CC.CC.CC.CC.CC(C)(C)c1ccccc1.CC(C)(C)c1ccccc1.CC(C)(C)c1ccccc1.CC(C)(C)c1ccccc1.CC(C)(C)c1ccccc1.Cc1ccccc1.Cc1ccccc1.Cc1ccccc1.Cc1ccccc1.Cc1ccccc1.Cc1ccccc1.Cc1ccccc1.Cc1ccccc1. The fraction of sp³-hybridized carbons (Fsp3) is 0.409. The molecule has 0 atom stereocenters. The van der Waals surface area contributed by atoms with E-state index in [4.69, 9.17) is 0 Å². The molecule has 0 aromatic heterocycles. The first-order chi connectivity index (χ1) is 63.2. The molecule has 0 saturated carbocycles. The predicted octanol–water partition coefficient (Wildman–Crippen LogP) is 44.2. The highest BCUT2D eigenvalue weighted by atomic mass is 14.2. The molecule has 0 saturated heterocycles. The number of rotatable bonds is 0. The van der Waals surface area contributed by atoms with Crippen molar-refractivity contribution >= 4 is 0 Å². The van der Waals surface area contributed by atoms with Gasteiger partial charge in [-0.1, -0.05) is 723 Å². The van der Waals surface area contributed by atoms with Crippen molar-refractivity contribution in [1.29, 1.82) is 0 Å². The van der Waals surface area contributed by atoms with Crippen LogP contribution >= 0.6 is 0 Å². The van der Waals surface area contributed by atoms with E-state index in [9.17, 15) is 0 Å². The van der Waals surface area contributed by atoms with Crippen LogP contribution in [0.3, 0.4) is 0 Å². The van der Waals surface area contributed by atoms with Crippen LogP contribution < -0.4 is 0 Å². The third-order valence-electron chi connectivity index (χ3n) is 15.7. The van der Waals surface area contributed by atoms with E-state index in [1.54, 1.807) is 0 Å². The van der Waals surface area contributed by atoms with Gasteiger partial charge in [0.05, 0.1) is 0 Å². The van der Waals surface area contributed by atoms with Gasteiger partial charge in [-0.2, -0.15) is 0 Å². The first-order valence-corrected chi connectivity index (χ1v) is 50.6. The molecule has 0 unspecified atom stereocenters. The minimum absolute atomic E-state index is 0.293. The van der Waals surface area contributed by atoms with E-state index in [0.29, 0.717) is 27.1 Å². The zero-order chi connectivity index (χ0) is 105. The van der Waals surface area contributed by atoms with Crippen LogP contribution in [0, 0.1) is 55.4 Å². The molecule has 0 aliphatic heterocycles. The first-order valence-electron chi connectivity index (χ1n) is 50.6. The first kappa shape index (κ1) is 150. The summed E-state index contributed by atoms with van der Waals surface area (Å²) in [5.41, 5.74) is 19.0. The molecule has 0 heterocycles. The van der Waals surface area contributed by atoms with Crippen LogP contribution in [0.15, 0.2) is 394 Å². The Kier molecular flexibility index (Phi) is 129. The monoisotopic (exact) mass is 1800 g/mol. The van der Waals surface area contributed by atoms with Crippen molar-refractivity contribution in [3.63, 3.8) is 0 Å². The highest BCUT2D eigenvalue weighted by molar-refractivity contribution is 5.27. The zero-order valence-corrected chi connectivity index (χ0v) is 95.5. The van der Waals surface area contributed by atoms with Gasteiger partial charge in [-0.25, -0.2) is 0 Å². The lowest BCUT2D eigenvalue weighted by Gasteiger charge is -2.18. The summed E-state index contributed by atoms with van der Waals surface area (Å²) < 4.78 is 0. The maximum Gasteiger partial charge on any atom is -0.0132 e. The standard InChI is InChI=1S/5C10H14.8C7H8.13C2H6/c5*1-10(2,3)9-7-5-4-6-8-9;8*1-7-5-3-2-4-6-7;13*1-2/h5*4-8H,1-3H3;8*2-6H,1H3;13*1-2H3. The molecule has 0 aliphatic carbocycles. The van der Waals surface area contributed by atoms with Crippen LogP contribution in [-0.2, 0) is 27.1 Å². The smallest absolute Gasteiger partial charge is 0.0132 e. The number of hydrogen-bond acceptors (Lipinski definition) is 0. The van der Waals surface area contributed by atoms with E-state index >= 15 is 0 Å². The minimum atomic E-state index is 0.293. The molecule has 0 fully saturated rings. The van der Waals surface area contributed by atoms with Gasteiger partial charge in [0.25, 0.3) is 0 Å². The van der Waals surface area contributed by atoms with Gasteiger partial charge in [-0.15, -0.1) is 0 Å². The summed E-state index contributed by atoms with van der Waals surface area (Å²) in [5.74, 6) is 0. The highest BCUT2D eigenvalue weighted by Crippen LogP contribution is 2.24. The zero-order valence-electron chi connectivity index (χ0n) is 95.5. The minimum Gasteiger partial charge on any atom is -0.0683 e. The summed E-state index contributed by atoms with van der Waals surface area (Å²) in [5, 5.41) is 0. The molecule has 13 rings (SSSR count). The van der Waals surface area contributed by atoms with Crippen LogP contribution in [0.4, 0.5) is 0 Å². The summed E-state index contributed by atoms with van der Waals surface area (Å²) in [7, 11) is 0. The molecule has 0 N–H and O–H groups in total. The molecule has 0 radical (unpaired) electrons. The topological polar surface area (TPSA) is 0 Å². The van der Waals surface area contributed by atoms with Gasteiger partial charge in [-0.3, -0.25) is 0 Å². The highest BCUT2D eigenvalue weighted by Gasteiger charge is 2.14. The Balaban J connectivity index is -0.000000104. The van der Waals surface area contributed by atoms with Crippen LogP contribution in [0.1, 0.15) is 356 Å². The van der Waals surface area contributed by atoms with Gasteiger partial charge in [0.15, 0.2) is 0 Å². The summed E-state index contributed by atoms with van der Waals surface area (Å²) in [4.78, 5) is 0. The van der Waals surface area contributed by atoms with Crippen molar-refractivity contribution < 1.29 is 0 Å². The quantitative estimate of drug-likeness (QED) is 0.142. The van der Waals surface area contributed by atoms with Gasteiger partial charge in [0, 0.05) is 0 Å². The fourth-order valence-corrected chi connectivity index (χ4v) is 8.97. The van der Waals surface area contributed by atoms with E-state index < -0.39 is 0 Å². The second kappa shape index (κ2) is 113. The Morgan fingerprint density at radius 1 is 0.0909 bits per heavy atom. The Morgan fingerprint density at radius 2 is 0.144 bits per heavy atom. The molecular weight excluding hydrogens is 1590 g/mol. The van der Waals surface area contributed by atoms with Crippen molar-refractivity contribution in [2.24, 2.45) is 0 Å². The van der Waals surface area contributed by atoms with E-state index in [-0.39, 0.29) is 0 Å². The van der Waals surface area contributed by atoms with Gasteiger partial charge >= 0.3 is 0 Å². The second-order valence-corrected chi connectivity index (χ2v) is 31.3. The largest absolute Gasteiger partial charge is 0.0683 e. The lowest BCUT2D eigenvalue weighted by atomic mass is 9.87. The number of hydrogen-bond donors (Lipinski definition) is 0. The average Bonchev–Trinajstić information content (AvgIpc) is 0.899. The van der Waals surface area contributed by atoms with Crippen LogP contribution in [0.25, 0.3) is 0 Å². The normalized spacial score (nSPS) is 8.64. The third-order valence-corrected chi connectivity index (χ3v) is 15.7. The van der Waals surface area contributed by atoms with Gasteiger partial charge in [0.1, 0.15) is 0 Å². The molecule has 13 aromatic carbocycles. The van der Waals surface area contributed by atoms with Gasteiger partial charge in [-0.05, 0) is 110 Å². The lowest BCUT2D eigenvalue weighted by Crippen LogP contribution is -2.10. The Hall–Kier alpha value is -10.1. The Morgan fingerprint density at radius 3 is 0.174 bits per heavy atom. The van der Waals surface area contributed by atoms with Crippen molar-refractivity contribution in [2.45, 2.75) is 366 Å². The van der Waals surface area contributed by atoms with Crippen molar-refractivity contribution in [3.8, 4) is 0 Å². The van der Waals surface area contributed by atoms with Crippen molar-refractivity contribution in [3.05, 3.63) is 467 Å². The number of benzene rings is 13. The van der Waals surface area contributed by atoms with Crippen LogP contribution in [0.5, 0.6) is 0 Å². The molecule has 0 nitrogen and oxygen atoms in total. The average molecular weight is 1800 g/mol. The van der Waals surface area contributed by atoms with E-state index in [2.05, 4.69) is 408 Å². The molecule has 740 valence electrons. The lowest BCUT2D eigenvalue weighted by molar-refractivity contribution is 0.590. The van der Waals surface area contributed by atoms with Crippen molar-refractivity contribution in [1.82, 2.24) is 0 Å². The summed E-state index contributed by atoms with van der Waals surface area (Å²) in [6, 6.07) is 135. The molecule has 0 heteroatoms. The van der Waals surface area contributed by atoms with Crippen molar-refractivity contribution in [2.75, 3.05) is 0 Å². The van der Waals surface area contributed by atoms with E-state index in [1.165, 1.54) is 72.3 Å². The molecule has 132 heavy (non-hydrogen) atoms. The molecule has 0 spiro atoms.